The lowest BCUT2D eigenvalue weighted by atomic mass is 9.99. The maximum Gasteiger partial charge on any atom is 0.329 e. The SMILES string of the molecule is Cc1cc(-c2cc(C)c(OCc3nnc[nH]3)c(F)c2)c2c(c1)n(CC(=O)Nc1ccc(F)cc1F)c(=O)n2C. The molecule has 0 aliphatic heterocycles. The number of carbonyl (C=O) groups is 1. The first-order valence-corrected chi connectivity index (χ1v) is 11.9. The largest absolute Gasteiger partial charge is 0.482 e. The second kappa shape index (κ2) is 10.1. The highest BCUT2D eigenvalue weighted by molar-refractivity contribution is 5.96. The number of aromatic amines is 1. The molecule has 5 aromatic rings. The van der Waals surface area contributed by atoms with Crippen molar-refractivity contribution in [2.24, 2.45) is 7.05 Å². The third-order valence-corrected chi connectivity index (χ3v) is 6.25. The van der Waals surface area contributed by atoms with Crippen LogP contribution in [-0.4, -0.2) is 30.2 Å². The number of ether oxygens (including phenoxy) is 1. The number of anilines is 1. The lowest BCUT2D eigenvalue weighted by molar-refractivity contribution is -0.116. The summed E-state index contributed by atoms with van der Waals surface area (Å²) in [6.45, 7) is 3.11. The number of imidazole rings is 1. The number of H-pyrrole nitrogens is 1. The summed E-state index contributed by atoms with van der Waals surface area (Å²) in [5, 5.41) is 9.86. The third-order valence-electron chi connectivity index (χ3n) is 6.25. The van der Waals surface area contributed by atoms with Crippen molar-refractivity contribution >= 4 is 22.6 Å². The van der Waals surface area contributed by atoms with E-state index in [1.165, 1.54) is 21.5 Å². The number of aromatic nitrogens is 5. The van der Waals surface area contributed by atoms with Gasteiger partial charge in [0.05, 0.1) is 16.7 Å². The molecule has 3 aromatic carbocycles. The fraction of sp³-hybridized carbons (Fsp3) is 0.185. The van der Waals surface area contributed by atoms with Crippen LogP contribution in [-0.2, 0) is 25.0 Å². The Morgan fingerprint density at radius 1 is 1.08 bits per heavy atom. The Morgan fingerprint density at radius 2 is 1.87 bits per heavy atom. The summed E-state index contributed by atoms with van der Waals surface area (Å²) in [7, 11) is 1.55. The highest BCUT2D eigenvalue weighted by Gasteiger charge is 2.20. The van der Waals surface area contributed by atoms with Crippen LogP contribution in [0.1, 0.15) is 17.0 Å². The van der Waals surface area contributed by atoms with Crippen molar-refractivity contribution in [2.75, 3.05) is 5.32 Å². The Bertz CT molecular complexity index is 1750. The van der Waals surface area contributed by atoms with Gasteiger partial charge in [-0.1, -0.05) is 0 Å². The summed E-state index contributed by atoms with van der Waals surface area (Å²) >= 11 is 0. The zero-order valence-corrected chi connectivity index (χ0v) is 21.2. The van der Waals surface area contributed by atoms with E-state index in [-0.39, 0.29) is 18.0 Å². The number of amides is 1. The quantitative estimate of drug-likeness (QED) is 0.321. The number of nitrogens with one attached hydrogen (secondary N) is 2. The van der Waals surface area contributed by atoms with E-state index in [9.17, 15) is 18.4 Å². The normalized spacial score (nSPS) is 11.2. The average molecular weight is 537 g/mol. The molecule has 0 radical (unpaired) electrons. The van der Waals surface area contributed by atoms with Crippen molar-refractivity contribution in [2.45, 2.75) is 27.0 Å². The van der Waals surface area contributed by atoms with Crippen molar-refractivity contribution in [3.8, 4) is 16.9 Å². The number of hydrogen-bond acceptors (Lipinski definition) is 5. The van der Waals surface area contributed by atoms with Crippen LogP contribution in [0.2, 0.25) is 0 Å². The van der Waals surface area contributed by atoms with Gasteiger partial charge in [-0.2, -0.15) is 0 Å². The Balaban J connectivity index is 1.51. The third kappa shape index (κ3) is 5.00. The molecule has 0 fully saturated rings. The Morgan fingerprint density at radius 3 is 2.56 bits per heavy atom. The number of fused-ring (bicyclic) bond motifs is 1. The van der Waals surface area contributed by atoms with Gasteiger partial charge >= 0.3 is 5.69 Å². The molecule has 0 atom stereocenters. The summed E-state index contributed by atoms with van der Waals surface area (Å²) in [5.41, 5.74) is 2.62. The maximum absolute atomic E-state index is 15.2. The van der Waals surface area contributed by atoms with Gasteiger partial charge in [0.1, 0.15) is 31.1 Å². The lowest BCUT2D eigenvalue weighted by Gasteiger charge is -2.13. The van der Waals surface area contributed by atoms with Gasteiger partial charge in [-0.25, -0.2) is 18.0 Å². The van der Waals surface area contributed by atoms with Crippen LogP contribution in [0.4, 0.5) is 18.9 Å². The van der Waals surface area contributed by atoms with Crippen LogP contribution in [0.3, 0.4) is 0 Å². The molecule has 0 saturated heterocycles. The molecule has 0 bridgehead atoms. The molecule has 1 amide bonds. The predicted molar refractivity (Wildman–Crippen MR) is 138 cm³/mol. The summed E-state index contributed by atoms with van der Waals surface area (Å²) in [4.78, 5) is 28.7. The monoisotopic (exact) mass is 536 g/mol. The van der Waals surface area contributed by atoms with Gasteiger partial charge in [0, 0.05) is 18.7 Å². The number of halogens is 3. The molecule has 0 aliphatic carbocycles. The molecule has 39 heavy (non-hydrogen) atoms. The summed E-state index contributed by atoms with van der Waals surface area (Å²) in [5.74, 6) is -2.47. The highest BCUT2D eigenvalue weighted by atomic mass is 19.1. The fourth-order valence-corrected chi connectivity index (χ4v) is 4.51. The zero-order valence-electron chi connectivity index (χ0n) is 21.2. The van der Waals surface area contributed by atoms with Gasteiger partial charge in [0.25, 0.3) is 0 Å². The Kier molecular flexibility index (Phi) is 6.69. The first-order valence-electron chi connectivity index (χ1n) is 11.9. The van der Waals surface area contributed by atoms with Crippen molar-refractivity contribution in [3.05, 3.63) is 93.7 Å². The van der Waals surface area contributed by atoms with E-state index in [0.717, 1.165) is 17.7 Å². The minimum Gasteiger partial charge on any atom is -0.482 e. The first kappa shape index (κ1) is 25.8. The molecule has 9 nitrogen and oxygen atoms in total. The van der Waals surface area contributed by atoms with Gasteiger partial charge in [0.2, 0.25) is 5.91 Å². The number of nitrogens with zero attached hydrogens (tertiary/aromatic N) is 4. The van der Waals surface area contributed by atoms with Crippen LogP contribution in [0.25, 0.3) is 22.2 Å². The minimum atomic E-state index is -0.933. The number of carbonyl (C=O) groups excluding carboxylic acids is 1. The smallest absolute Gasteiger partial charge is 0.329 e. The van der Waals surface area contributed by atoms with Crippen LogP contribution < -0.4 is 15.7 Å². The van der Waals surface area contributed by atoms with Crippen LogP contribution in [0.15, 0.2) is 53.6 Å². The highest BCUT2D eigenvalue weighted by Crippen LogP contribution is 2.34. The van der Waals surface area contributed by atoms with E-state index in [2.05, 4.69) is 20.5 Å². The van der Waals surface area contributed by atoms with E-state index in [1.807, 2.05) is 13.0 Å². The fourth-order valence-electron chi connectivity index (χ4n) is 4.51. The van der Waals surface area contributed by atoms with E-state index in [4.69, 9.17) is 4.74 Å². The molecule has 5 rings (SSSR count). The Labute approximate surface area is 219 Å². The molecule has 0 spiro atoms. The van der Waals surface area contributed by atoms with Gasteiger partial charge in [-0.05, 0) is 66.9 Å². The molecule has 2 heterocycles. The van der Waals surface area contributed by atoms with Crippen molar-refractivity contribution < 1.29 is 22.7 Å². The second-order valence-corrected chi connectivity index (χ2v) is 9.11. The molecular weight excluding hydrogens is 513 g/mol. The van der Waals surface area contributed by atoms with Crippen molar-refractivity contribution in [1.29, 1.82) is 0 Å². The van der Waals surface area contributed by atoms with Gasteiger partial charge in [0.15, 0.2) is 17.4 Å². The van der Waals surface area contributed by atoms with E-state index < -0.39 is 35.6 Å². The second-order valence-electron chi connectivity index (χ2n) is 9.11. The predicted octanol–water partition coefficient (Wildman–Crippen LogP) is 4.38. The first-order chi connectivity index (χ1) is 18.6. The van der Waals surface area contributed by atoms with E-state index >= 15 is 4.39 Å². The molecule has 0 saturated carbocycles. The topological polar surface area (TPSA) is 107 Å². The average Bonchev–Trinajstić information content (AvgIpc) is 3.48. The van der Waals surface area contributed by atoms with Gasteiger partial charge in [-0.15, -0.1) is 10.2 Å². The number of hydrogen-bond donors (Lipinski definition) is 2. The molecule has 2 N–H and O–H groups in total. The molecule has 12 heteroatoms. The lowest BCUT2D eigenvalue weighted by Crippen LogP contribution is -2.28. The Hall–Kier alpha value is -4.87. The van der Waals surface area contributed by atoms with Gasteiger partial charge < -0.3 is 15.0 Å². The molecule has 0 aliphatic rings. The summed E-state index contributed by atoms with van der Waals surface area (Å²) in [6.07, 6.45) is 1.40. The number of rotatable bonds is 7. The van der Waals surface area contributed by atoms with E-state index in [1.54, 1.807) is 26.1 Å². The van der Waals surface area contributed by atoms with Crippen LogP contribution >= 0.6 is 0 Å². The molecule has 2 aromatic heterocycles. The standard InChI is InChI=1S/C27H23F3N6O3/c1-14-6-18(16-8-15(2)26(20(30)9-16)39-12-23-31-13-32-34-23)25-22(7-14)36(27(38)35(25)3)11-24(37)33-21-5-4-17(28)10-19(21)29/h4-10,13H,11-12H2,1-3H3,(H,33,37)(H,31,32,34). The van der Waals surface area contributed by atoms with Crippen molar-refractivity contribution in [3.63, 3.8) is 0 Å². The number of benzene rings is 3. The molecular formula is C27H23F3N6O3. The minimum absolute atomic E-state index is 0.00698. The van der Waals surface area contributed by atoms with Gasteiger partial charge in [-0.3, -0.25) is 13.9 Å². The van der Waals surface area contributed by atoms with Crippen LogP contribution in [0, 0.1) is 31.3 Å². The number of aryl methyl sites for hydroxylation is 3. The molecule has 0 unspecified atom stereocenters. The molecule has 200 valence electrons. The maximum atomic E-state index is 15.2. The summed E-state index contributed by atoms with van der Waals surface area (Å²) < 4.78 is 50.7. The van der Waals surface area contributed by atoms with E-state index in [0.29, 0.717) is 39.6 Å². The van der Waals surface area contributed by atoms with Crippen molar-refractivity contribution in [1.82, 2.24) is 24.3 Å². The van der Waals surface area contributed by atoms with Crippen LogP contribution in [0.5, 0.6) is 5.75 Å². The summed E-state index contributed by atoms with van der Waals surface area (Å²) in [6, 6.07) is 9.41. The zero-order chi connectivity index (χ0) is 27.8.